The molecule has 0 unspecified atom stereocenters. The summed E-state index contributed by atoms with van der Waals surface area (Å²) in [6.45, 7) is 3.37. The molecule has 2 aromatic rings. The third-order valence-electron chi connectivity index (χ3n) is 4.03. The number of hydrogen-bond donors (Lipinski definition) is 2. The average molecular weight is 386 g/mol. The monoisotopic (exact) mass is 386 g/mol. The number of nitriles is 1. The molecule has 142 valence electrons. The highest BCUT2D eigenvalue weighted by atomic mass is 32.2. The molecule has 2 N–H and O–H groups in total. The Morgan fingerprint density at radius 3 is 2.48 bits per heavy atom. The molecular weight excluding hydrogens is 364 g/mol. The standard InChI is InChI=1S/C19H22N4O3S/c1-13-9-10-16(11-18(13)27(25,26)23(3)4)21-14(2)19(24)22-17-8-6-5-7-15(17)12-20/h5-11,14,21H,1-4H3,(H,22,24)/t14-/m0/s1. The van der Waals surface area contributed by atoms with E-state index in [1.54, 1.807) is 50.2 Å². The molecule has 0 heterocycles. The molecule has 7 nitrogen and oxygen atoms in total. The van der Waals surface area contributed by atoms with Crippen LogP contribution in [0.5, 0.6) is 0 Å². The summed E-state index contributed by atoms with van der Waals surface area (Å²) in [4.78, 5) is 12.6. The lowest BCUT2D eigenvalue weighted by Gasteiger charge is -2.18. The number of carbonyl (C=O) groups excluding carboxylic acids is 1. The SMILES string of the molecule is Cc1ccc(N[C@@H](C)C(=O)Nc2ccccc2C#N)cc1S(=O)(=O)N(C)C. The van der Waals surface area contributed by atoms with Crippen LogP contribution in [0, 0.1) is 18.3 Å². The van der Waals surface area contributed by atoms with Gasteiger partial charge in [-0.25, -0.2) is 12.7 Å². The molecule has 0 aromatic heterocycles. The van der Waals surface area contributed by atoms with Crippen molar-refractivity contribution in [2.45, 2.75) is 24.8 Å². The van der Waals surface area contributed by atoms with E-state index in [9.17, 15) is 13.2 Å². The molecule has 0 aliphatic rings. The Labute approximate surface area is 159 Å². The molecule has 27 heavy (non-hydrogen) atoms. The van der Waals surface area contributed by atoms with E-state index in [2.05, 4.69) is 10.6 Å². The van der Waals surface area contributed by atoms with E-state index >= 15 is 0 Å². The fourth-order valence-corrected chi connectivity index (χ4v) is 3.55. The molecule has 0 saturated heterocycles. The largest absolute Gasteiger partial charge is 0.374 e. The van der Waals surface area contributed by atoms with Gasteiger partial charge in [-0.05, 0) is 43.7 Å². The van der Waals surface area contributed by atoms with Gasteiger partial charge in [-0.3, -0.25) is 4.79 Å². The third-order valence-corrected chi connectivity index (χ3v) is 5.99. The van der Waals surface area contributed by atoms with Crippen LogP contribution in [0.25, 0.3) is 0 Å². The van der Waals surface area contributed by atoms with Crippen molar-refractivity contribution in [2.24, 2.45) is 0 Å². The van der Waals surface area contributed by atoms with E-state index < -0.39 is 16.1 Å². The Kier molecular flexibility index (Phi) is 6.20. The Morgan fingerprint density at radius 1 is 1.19 bits per heavy atom. The van der Waals surface area contributed by atoms with Crippen molar-refractivity contribution in [3.8, 4) is 6.07 Å². The molecular formula is C19H22N4O3S. The van der Waals surface area contributed by atoms with Crippen LogP contribution in [0.15, 0.2) is 47.4 Å². The van der Waals surface area contributed by atoms with Crippen LogP contribution in [0.3, 0.4) is 0 Å². The maximum absolute atomic E-state index is 12.4. The van der Waals surface area contributed by atoms with Crippen molar-refractivity contribution < 1.29 is 13.2 Å². The Balaban J connectivity index is 2.19. The maximum Gasteiger partial charge on any atom is 0.246 e. The van der Waals surface area contributed by atoms with E-state index in [-0.39, 0.29) is 10.8 Å². The van der Waals surface area contributed by atoms with Crippen molar-refractivity contribution in [3.05, 3.63) is 53.6 Å². The minimum atomic E-state index is -3.59. The molecule has 0 saturated carbocycles. The van der Waals surface area contributed by atoms with Gasteiger partial charge in [0.25, 0.3) is 0 Å². The molecule has 0 aliphatic carbocycles. The van der Waals surface area contributed by atoms with Crippen molar-refractivity contribution in [3.63, 3.8) is 0 Å². The Morgan fingerprint density at radius 2 is 1.85 bits per heavy atom. The summed E-state index contributed by atoms with van der Waals surface area (Å²) in [5.74, 6) is -0.338. The van der Waals surface area contributed by atoms with Crippen LogP contribution in [-0.2, 0) is 14.8 Å². The van der Waals surface area contributed by atoms with Gasteiger partial charge >= 0.3 is 0 Å². The smallest absolute Gasteiger partial charge is 0.246 e. The molecule has 2 rings (SSSR count). The number of anilines is 2. The molecule has 0 aliphatic heterocycles. The summed E-state index contributed by atoms with van der Waals surface area (Å²) in [5, 5.41) is 14.8. The summed E-state index contributed by atoms with van der Waals surface area (Å²) in [6, 6.07) is 13.0. The molecule has 0 spiro atoms. The second kappa shape index (κ2) is 8.20. The number of benzene rings is 2. The van der Waals surface area contributed by atoms with Crippen molar-refractivity contribution >= 4 is 27.3 Å². The number of nitrogens with one attached hydrogen (secondary N) is 2. The third kappa shape index (κ3) is 4.64. The highest BCUT2D eigenvalue weighted by Crippen LogP contribution is 2.23. The summed E-state index contributed by atoms with van der Waals surface area (Å²) in [5.41, 5.74) is 1.93. The van der Waals surface area contributed by atoms with E-state index in [1.165, 1.54) is 20.2 Å². The zero-order valence-corrected chi connectivity index (χ0v) is 16.5. The van der Waals surface area contributed by atoms with Crippen molar-refractivity contribution in [2.75, 3.05) is 24.7 Å². The van der Waals surface area contributed by atoms with Crippen LogP contribution in [-0.4, -0.2) is 38.8 Å². The first kappa shape index (κ1) is 20.4. The van der Waals surface area contributed by atoms with E-state index in [0.29, 0.717) is 22.5 Å². The average Bonchev–Trinajstić information content (AvgIpc) is 2.63. The van der Waals surface area contributed by atoms with E-state index in [0.717, 1.165) is 4.31 Å². The van der Waals surface area contributed by atoms with Gasteiger partial charge < -0.3 is 10.6 Å². The van der Waals surface area contributed by atoms with Gasteiger partial charge in [0.2, 0.25) is 15.9 Å². The van der Waals surface area contributed by atoms with E-state index in [4.69, 9.17) is 5.26 Å². The van der Waals surface area contributed by atoms with Crippen LogP contribution >= 0.6 is 0 Å². The Hall–Kier alpha value is -2.89. The summed E-state index contributed by atoms with van der Waals surface area (Å²) < 4.78 is 26.0. The first-order valence-electron chi connectivity index (χ1n) is 8.26. The normalized spacial score (nSPS) is 12.3. The molecule has 0 bridgehead atoms. The molecule has 8 heteroatoms. The number of para-hydroxylation sites is 1. The number of hydrogen-bond acceptors (Lipinski definition) is 5. The van der Waals surface area contributed by atoms with Gasteiger partial charge in [0.15, 0.2) is 0 Å². The van der Waals surface area contributed by atoms with Crippen LogP contribution < -0.4 is 10.6 Å². The van der Waals surface area contributed by atoms with E-state index in [1.807, 2.05) is 6.07 Å². The topological polar surface area (TPSA) is 102 Å². The van der Waals surface area contributed by atoms with Gasteiger partial charge in [-0.1, -0.05) is 18.2 Å². The molecule has 0 radical (unpaired) electrons. The van der Waals surface area contributed by atoms with Gasteiger partial charge in [0, 0.05) is 19.8 Å². The summed E-state index contributed by atoms with van der Waals surface area (Å²) in [7, 11) is -0.647. The fraction of sp³-hybridized carbons (Fsp3) is 0.263. The quantitative estimate of drug-likeness (QED) is 0.794. The molecule has 1 amide bonds. The minimum absolute atomic E-state index is 0.180. The first-order valence-corrected chi connectivity index (χ1v) is 9.70. The van der Waals surface area contributed by atoms with Crippen molar-refractivity contribution in [1.29, 1.82) is 5.26 Å². The predicted molar refractivity (Wildman–Crippen MR) is 105 cm³/mol. The lowest BCUT2D eigenvalue weighted by molar-refractivity contribution is -0.116. The van der Waals surface area contributed by atoms with Gasteiger partial charge in [0.1, 0.15) is 12.1 Å². The number of aryl methyl sites for hydroxylation is 1. The first-order chi connectivity index (χ1) is 12.7. The lowest BCUT2D eigenvalue weighted by atomic mass is 10.1. The van der Waals surface area contributed by atoms with Gasteiger partial charge in [0.05, 0.1) is 16.1 Å². The summed E-state index contributed by atoms with van der Waals surface area (Å²) in [6.07, 6.45) is 0. The van der Waals surface area contributed by atoms with Crippen molar-refractivity contribution in [1.82, 2.24) is 4.31 Å². The second-order valence-corrected chi connectivity index (χ2v) is 8.40. The maximum atomic E-state index is 12.4. The number of amides is 1. The lowest BCUT2D eigenvalue weighted by Crippen LogP contribution is -2.32. The van der Waals surface area contributed by atoms with Crippen LogP contribution in [0.4, 0.5) is 11.4 Å². The summed E-state index contributed by atoms with van der Waals surface area (Å²) >= 11 is 0. The predicted octanol–water partition coefficient (Wildman–Crippen LogP) is 2.56. The molecule has 1 atom stereocenters. The zero-order chi connectivity index (χ0) is 20.2. The molecule has 2 aromatic carbocycles. The highest BCUT2D eigenvalue weighted by molar-refractivity contribution is 7.89. The van der Waals surface area contributed by atoms with Crippen LogP contribution in [0.1, 0.15) is 18.1 Å². The van der Waals surface area contributed by atoms with Gasteiger partial charge in [-0.15, -0.1) is 0 Å². The number of carbonyl (C=O) groups is 1. The number of nitrogens with zero attached hydrogens (tertiary/aromatic N) is 2. The van der Waals surface area contributed by atoms with Crippen LogP contribution in [0.2, 0.25) is 0 Å². The number of sulfonamides is 1. The van der Waals surface area contributed by atoms with Gasteiger partial charge in [-0.2, -0.15) is 5.26 Å². The second-order valence-electron chi connectivity index (χ2n) is 6.28. The Bertz CT molecular complexity index is 994. The fourth-order valence-electron chi connectivity index (χ4n) is 2.41. The zero-order valence-electron chi connectivity index (χ0n) is 15.6. The highest BCUT2D eigenvalue weighted by Gasteiger charge is 2.21. The molecule has 0 fully saturated rings. The minimum Gasteiger partial charge on any atom is -0.374 e. The number of rotatable bonds is 6.